The van der Waals surface area contributed by atoms with Gasteiger partial charge >= 0.3 is 5.88 Å². The fraction of sp³-hybridized carbons (Fsp3) is 0.625. The summed E-state index contributed by atoms with van der Waals surface area (Å²) in [6.07, 6.45) is 1.69. The van der Waals surface area contributed by atoms with Gasteiger partial charge in [-0.2, -0.15) is 5.01 Å². The average molecular weight is 511 g/mol. The Balaban J connectivity index is 1.62. The van der Waals surface area contributed by atoms with Gasteiger partial charge < -0.3 is 5.11 Å². The zero-order valence-corrected chi connectivity index (χ0v) is 22.6. The van der Waals surface area contributed by atoms with E-state index in [4.69, 9.17) is 16.1 Å². The Bertz CT molecular complexity index is 956. The van der Waals surface area contributed by atoms with Crippen LogP contribution in [-0.2, 0) is 15.6 Å². The highest BCUT2D eigenvalue weighted by molar-refractivity contribution is 8.00. The average Bonchev–Trinajstić information content (AvgIpc) is 3.20. The molecule has 1 saturated heterocycles. The zero-order chi connectivity index (χ0) is 25.1. The van der Waals surface area contributed by atoms with Crippen LogP contribution in [0.15, 0.2) is 27.7 Å². The first-order valence-electron chi connectivity index (χ1n) is 11.6. The Kier molecular flexibility index (Phi) is 8.42. The second-order valence-electron chi connectivity index (χ2n) is 10.7. The van der Waals surface area contributed by atoms with Crippen molar-refractivity contribution in [3.63, 3.8) is 0 Å². The molecule has 8 nitrogen and oxygen atoms in total. The molecule has 0 unspecified atom stereocenters. The van der Waals surface area contributed by atoms with Crippen LogP contribution in [0.25, 0.3) is 0 Å². The van der Waals surface area contributed by atoms with E-state index in [1.165, 1.54) is 11.8 Å². The molecule has 2 N–H and O–H groups in total. The number of benzene rings is 1. The number of piperazine rings is 1. The summed E-state index contributed by atoms with van der Waals surface area (Å²) in [5.41, 5.74) is 1.33. The molecule has 1 amide bonds. The summed E-state index contributed by atoms with van der Waals surface area (Å²) in [5, 5.41) is 19.8. The number of carbonyl (C=O) groups is 1. The lowest BCUT2D eigenvalue weighted by atomic mass is 9.79. The minimum Gasteiger partial charge on any atom is -0.507 e. The maximum Gasteiger partial charge on any atom is 0.305 e. The second-order valence-corrected chi connectivity index (χ2v) is 12.1. The Labute approximate surface area is 211 Å². The lowest BCUT2D eigenvalue weighted by Gasteiger charge is -2.29. The van der Waals surface area contributed by atoms with Crippen LogP contribution in [-0.4, -0.2) is 65.5 Å². The van der Waals surface area contributed by atoms with Crippen molar-refractivity contribution in [2.24, 2.45) is 0 Å². The van der Waals surface area contributed by atoms with Crippen LogP contribution in [0, 0.1) is 0 Å². The molecule has 2 aromatic rings. The number of amides is 1. The number of nitrogens with zero attached hydrogens (tertiary/aromatic N) is 4. The van der Waals surface area contributed by atoms with Crippen molar-refractivity contribution in [2.75, 3.05) is 54.7 Å². The van der Waals surface area contributed by atoms with Crippen molar-refractivity contribution < 1.29 is 19.2 Å². The van der Waals surface area contributed by atoms with E-state index in [2.05, 4.69) is 62.0 Å². The number of carbonyl (C=O) groups excluding carboxylic acids is 1. The fourth-order valence-corrected chi connectivity index (χ4v) is 4.88. The third-order valence-corrected chi connectivity index (χ3v) is 6.97. The highest BCUT2D eigenvalue weighted by Crippen LogP contribution is 2.41. The molecule has 0 aliphatic carbocycles. The summed E-state index contributed by atoms with van der Waals surface area (Å²) in [6, 6.07) is 3.96. The molecule has 1 aliphatic heterocycles. The number of phenolic OH excluding ortho intramolecular Hbond substituents is 1. The maximum atomic E-state index is 12.6. The molecule has 2 heterocycles. The number of rotatable bonds is 7. The van der Waals surface area contributed by atoms with Crippen LogP contribution in [0.2, 0.25) is 0 Å². The molecule has 1 aliphatic rings. The number of phenols is 1. The molecule has 1 fully saturated rings. The monoisotopic (exact) mass is 510 g/mol. The fourth-order valence-electron chi connectivity index (χ4n) is 3.87. The van der Waals surface area contributed by atoms with Gasteiger partial charge in [-0.25, -0.2) is 0 Å². The van der Waals surface area contributed by atoms with E-state index < -0.39 is 0 Å². The first kappa shape index (κ1) is 26.6. The summed E-state index contributed by atoms with van der Waals surface area (Å²) >= 11 is 7.26. The third-order valence-electron chi connectivity index (χ3n) is 5.83. The van der Waals surface area contributed by atoms with Crippen LogP contribution in [0.1, 0.15) is 52.7 Å². The zero-order valence-electron chi connectivity index (χ0n) is 21.0. The van der Waals surface area contributed by atoms with Gasteiger partial charge in [0, 0.05) is 41.5 Å². The van der Waals surface area contributed by atoms with E-state index >= 15 is 0 Å². The molecule has 1 aromatic carbocycles. The number of aromatic hydroxyl groups is 1. The van der Waals surface area contributed by atoms with E-state index in [0.717, 1.165) is 48.7 Å². The van der Waals surface area contributed by atoms with Crippen molar-refractivity contribution in [1.29, 1.82) is 0 Å². The van der Waals surface area contributed by atoms with Crippen LogP contribution in [0.4, 0.5) is 5.88 Å². The molecule has 0 bridgehead atoms. The minimum absolute atomic E-state index is 0.178. The largest absolute Gasteiger partial charge is 0.507 e. The van der Waals surface area contributed by atoms with Crippen molar-refractivity contribution in [1.82, 2.24) is 10.2 Å². The topological polar surface area (TPSA) is 85.7 Å². The maximum absolute atomic E-state index is 12.6. The third kappa shape index (κ3) is 6.79. The lowest BCUT2D eigenvalue weighted by molar-refractivity contribution is -0.759. The van der Waals surface area contributed by atoms with Crippen molar-refractivity contribution in [2.45, 2.75) is 57.3 Å². The van der Waals surface area contributed by atoms with Gasteiger partial charge in [-0.15, -0.1) is 23.4 Å². The number of thioether (sulfide) groups is 1. The highest BCUT2D eigenvalue weighted by Gasteiger charge is 2.28. The van der Waals surface area contributed by atoms with E-state index in [0.29, 0.717) is 17.5 Å². The molecular weight excluding hydrogens is 474 g/mol. The summed E-state index contributed by atoms with van der Waals surface area (Å²) < 4.78 is 5.32. The van der Waals surface area contributed by atoms with Gasteiger partial charge in [0.25, 0.3) is 6.20 Å². The van der Waals surface area contributed by atoms with Gasteiger partial charge in [-0.3, -0.25) is 19.5 Å². The quantitative estimate of drug-likeness (QED) is 0.335. The molecule has 1 aromatic heterocycles. The SMILES string of the molecule is CC(C)(C)c1cc(SCC(=O)Nc2c[n+](N3CCN(CCCl)CC3)no2)cc(C(C)(C)C)c1O. The first-order chi connectivity index (χ1) is 15.9. The van der Waals surface area contributed by atoms with Crippen molar-refractivity contribution in [3.05, 3.63) is 29.5 Å². The second kappa shape index (κ2) is 10.7. The number of nitrogens with one attached hydrogen (secondary N) is 1. The van der Waals surface area contributed by atoms with Gasteiger partial charge in [0.2, 0.25) is 11.2 Å². The summed E-state index contributed by atoms with van der Waals surface area (Å²) in [6.45, 7) is 16.8. The van der Waals surface area contributed by atoms with Crippen LogP contribution in [0.3, 0.4) is 0 Å². The molecular formula is C24H37ClN5O3S+. The smallest absolute Gasteiger partial charge is 0.305 e. The Hall–Kier alpha value is -1.97. The molecule has 0 spiro atoms. The van der Waals surface area contributed by atoms with Gasteiger partial charge in [0.05, 0.1) is 23.6 Å². The summed E-state index contributed by atoms with van der Waals surface area (Å²) in [5.74, 6) is 1.32. The normalized spacial score (nSPS) is 15.6. The number of halogens is 1. The molecule has 0 radical (unpaired) electrons. The van der Waals surface area contributed by atoms with E-state index in [1.807, 2.05) is 12.1 Å². The first-order valence-corrected chi connectivity index (χ1v) is 13.1. The predicted octanol–water partition coefficient (Wildman–Crippen LogP) is 3.49. The van der Waals surface area contributed by atoms with Gasteiger partial charge in [0.1, 0.15) is 5.75 Å². The predicted molar refractivity (Wildman–Crippen MR) is 137 cm³/mol. The van der Waals surface area contributed by atoms with Gasteiger partial charge in [-0.1, -0.05) is 41.5 Å². The highest BCUT2D eigenvalue weighted by atomic mass is 35.5. The standard InChI is InChI=1S/C24H36ClN5O3S/c1-23(2,3)18-13-17(14-19(22(18)32)24(4,5)6)34-16-20(31)26-21-15-30(27-33-21)29-11-9-28(8-7-25)10-12-29/h13-15H,7-12,16H2,1-6H3,(H-,26,27,31,32)/p+1. The number of alkyl halides is 1. The number of aromatic nitrogens is 2. The molecule has 0 saturated carbocycles. The van der Waals surface area contributed by atoms with E-state index in [-0.39, 0.29) is 22.5 Å². The van der Waals surface area contributed by atoms with E-state index in [9.17, 15) is 9.90 Å². The number of anilines is 1. The molecule has 0 atom stereocenters. The van der Waals surface area contributed by atoms with Crippen molar-refractivity contribution in [3.8, 4) is 5.75 Å². The van der Waals surface area contributed by atoms with Crippen LogP contribution < -0.4 is 15.1 Å². The molecule has 188 valence electrons. The molecule has 34 heavy (non-hydrogen) atoms. The van der Waals surface area contributed by atoms with Gasteiger partial charge in [-0.05, 0) is 23.0 Å². The Morgan fingerprint density at radius 1 is 1.15 bits per heavy atom. The summed E-state index contributed by atoms with van der Waals surface area (Å²) in [7, 11) is 0. The van der Waals surface area contributed by atoms with Crippen LogP contribution >= 0.6 is 23.4 Å². The number of hydrogen-bond donors (Lipinski definition) is 2. The van der Waals surface area contributed by atoms with Gasteiger partial charge in [0.15, 0.2) is 0 Å². The summed E-state index contributed by atoms with van der Waals surface area (Å²) in [4.78, 5) is 17.5. The van der Waals surface area contributed by atoms with Crippen LogP contribution in [0.5, 0.6) is 5.75 Å². The molecule has 3 rings (SSSR count). The number of hydrogen-bond acceptors (Lipinski definition) is 7. The lowest BCUT2D eigenvalue weighted by Crippen LogP contribution is -2.65. The van der Waals surface area contributed by atoms with E-state index in [1.54, 1.807) is 11.0 Å². The Morgan fingerprint density at radius 2 is 1.74 bits per heavy atom. The Morgan fingerprint density at radius 3 is 2.26 bits per heavy atom. The minimum atomic E-state index is -0.216. The van der Waals surface area contributed by atoms with Crippen molar-refractivity contribution >= 4 is 35.2 Å². The molecule has 10 heteroatoms.